The maximum absolute atomic E-state index is 13.9. The van der Waals surface area contributed by atoms with Gasteiger partial charge in [0.1, 0.15) is 17.7 Å². The largest absolute Gasteiger partial charge is 0.351 e. The predicted molar refractivity (Wildman–Crippen MR) is 154 cm³/mol. The van der Waals surface area contributed by atoms with Crippen LogP contribution in [0.1, 0.15) is 75.5 Å². The fourth-order valence-corrected chi connectivity index (χ4v) is 5.08. The van der Waals surface area contributed by atoms with E-state index >= 15 is 0 Å². The van der Waals surface area contributed by atoms with Crippen LogP contribution in [0.5, 0.6) is 0 Å². The van der Waals surface area contributed by atoms with Crippen molar-refractivity contribution in [3.63, 3.8) is 0 Å². The van der Waals surface area contributed by atoms with Crippen molar-refractivity contribution in [1.29, 1.82) is 0 Å². The molecule has 0 radical (unpaired) electrons. The number of pyridine rings is 1. The number of amides is 3. The van der Waals surface area contributed by atoms with Gasteiger partial charge in [-0.05, 0) is 73.2 Å². The lowest BCUT2D eigenvalue weighted by Crippen LogP contribution is -2.47. The first-order valence-corrected chi connectivity index (χ1v) is 14.1. The number of hydrogen-bond donors (Lipinski definition) is 2. The topological polar surface area (TPSA) is 91.4 Å². The predicted octanol–water partition coefficient (Wildman–Crippen LogP) is 6.12. The third-order valence-corrected chi connectivity index (χ3v) is 7.26. The molecule has 40 heavy (non-hydrogen) atoms. The van der Waals surface area contributed by atoms with Crippen molar-refractivity contribution >= 4 is 29.2 Å². The number of rotatable bonds is 11. The van der Waals surface area contributed by atoms with Gasteiger partial charge in [0.25, 0.3) is 0 Å². The number of hydrogen-bond acceptors (Lipinski definition) is 4. The number of nitrogens with zero attached hydrogens (tertiary/aromatic N) is 2. The van der Waals surface area contributed by atoms with Gasteiger partial charge in [0.05, 0.1) is 0 Å². The maximum atomic E-state index is 13.9. The Bertz CT molecular complexity index is 1260. The Morgan fingerprint density at radius 1 is 0.950 bits per heavy atom. The van der Waals surface area contributed by atoms with E-state index in [1.807, 2.05) is 31.2 Å². The number of aryl methyl sites for hydroxylation is 1. The first-order valence-electron chi connectivity index (χ1n) is 14.1. The van der Waals surface area contributed by atoms with Gasteiger partial charge in [-0.2, -0.15) is 0 Å². The van der Waals surface area contributed by atoms with Crippen molar-refractivity contribution in [2.45, 2.75) is 76.8 Å². The van der Waals surface area contributed by atoms with E-state index < -0.39 is 11.9 Å². The first-order chi connectivity index (χ1) is 19.4. The standard InChI is InChI=1S/C32H37FN4O3/c1-2-23-14-20-27(21-15-23)37(30(39)13-8-12-29(38)36-28-11-6-7-22-34-28)31(24-16-18-25(33)19-17-24)32(40)35-26-9-4-3-5-10-26/h6-7,11,14-22,26,31H,2-5,8-10,12-13H2,1H3,(H,35,40)(H,34,36,38)/t31-/m1/s1. The summed E-state index contributed by atoms with van der Waals surface area (Å²) in [6, 6.07) is 17.6. The molecule has 3 aromatic rings. The number of aromatic nitrogens is 1. The third-order valence-electron chi connectivity index (χ3n) is 7.26. The van der Waals surface area contributed by atoms with Gasteiger partial charge in [0.2, 0.25) is 17.7 Å². The zero-order valence-corrected chi connectivity index (χ0v) is 22.9. The Labute approximate surface area is 235 Å². The summed E-state index contributed by atoms with van der Waals surface area (Å²) in [4.78, 5) is 45.7. The van der Waals surface area contributed by atoms with Crippen molar-refractivity contribution in [3.05, 3.63) is 89.9 Å². The second kappa shape index (κ2) is 14.4. The number of anilines is 2. The molecule has 1 atom stereocenters. The van der Waals surface area contributed by atoms with Gasteiger partial charge >= 0.3 is 0 Å². The van der Waals surface area contributed by atoms with E-state index in [1.54, 1.807) is 36.5 Å². The van der Waals surface area contributed by atoms with Gasteiger partial charge in [-0.25, -0.2) is 9.37 Å². The van der Waals surface area contributed by atoms with Gasteiger partial charge in [-0.1, -0.05) is 56.5 Å². The summed E-state index contributed by atoms with van der Waals surface area (Å²) in [7, 11) is 0. The van der Waals surface area contributed by atoms with Crippen LogP contribution in [0.25, 0.3) is 0 Å². The van der Waals surface area contributed by atoms with Crippen LogP contribution in [0.15, 0.2) is 72.9 Å². The molecule has 7 nitrogen and oxygen atoms in total. The van der Waals surface area contributed by atoms with E-state index in [4.69, 9.17) is 0 Å². The smallest absolute Gasteiger partial charge is 0.248 e. The second-order valence-corrected chi connectivity index (χ2v) is 10.2. The number of nitrogens with one attached hydrogen (secondary N) is 2. The van der Waals surface area contributed by atoms with E-state index in [-0.39, 0.29) is 36.6 Å². The van der Waals surface area contributed by atoms with Gasteiger partial charge in [-0.3, -0.25) is 19.3 Å². The molecule has 2 aromatic carbocycles. The fourth-order valence-electron chi connectivity index (χ4n) is 5.08. The summed E-state index contributed by atoms with van der Waals surface area (Å²) in [5.41, 5.74) is 2.20. The van der Waals surface area contributed by atoms with Crippen molar-refractivity contribution in [3.8, 4) is 0 Å². The van der Waals surface area contributed by atoms with Crippen LogP contribution < -0.4 is 15.5 Å². The highest BCUT2D eigenvalue weighted by molar-refractivity contribution is 6.01. The molecular formula is C32H37FN4O3. The molecule has 1 saturated carbocycles. The molecule has 0 saturated heterocycles. The summed E-state index contributed by atoms with van der Waals surface area (Å²) >= 11 is 0. The van der Waals surface area contributed by atoms with Crippen molar-refractivity contribution in [2.24, 2.45) is 0 Å². The number of halogens is 1. The minimum absolute atomic E-state index is 0.0407. The van der Waals surface area contributed by atoms with Crippen LogP contribution >= 0.6 is 0 Å². The summed E-state index contributed by atoms with van der Waals surface area (Å²) in [5.74, 6) is -0.788. The molecule has 0 spiro atoms. The van der Waals surface area contributed by atoms with Gasteiger partial charge in [0, 0.05) is 30.8 Å². The van der Waals surface area contributed by atoms with Crippen LogP contribution in [0, 0.1) is 5.82 Å². The molecule has 0 bridgehead atoms. The van der Waals surface area contributed by atoms with Crippen LogP contribution in [-0.2, 0) is 20.8 Å². The number of carbonyl (C=O) groups is 3. The molecule has 0 aliphatic heterocycles. The lowest BCUT2D eigenvalue weighted by atomic mass is 9.94. The SMILES string of the molecule is CCc1ccc(N(C(=O)CCCC(=O)Nc2ccccn2)[C@@H](C(=O)NC2CCCCC2)c2ccc(F)cc2)cc1. The quantitative estimate of drug-likeness (QED) is 0.304. The van der Waals surface area contributed by atoms with Crippen LogP contribution in [-0.4, -0.2) is 28.7 Å². The Balaban J connectivity index is 1.58. The van der Waals surface area contributed by atoms with Gasteiger partial charge < -0.3 is 10.6 Å². The molecule has 1 fully saturated rings. The lowest BCUT2D eigenvalue weighted by Gasteiger charge is -2.33. The van der Waals surface area contributed by atoms with Crippen molar-refractivity contribution in [1.82, 2.24) is 10.3 Å². The highest BCUT2D eigenvalue weighted by Gasteiger charge is 2.34. The summed E-state index contributed by atoms with van der Waals surface area (Å²) in [5, 5.41) is 5.90. The van der Waals surface area contributed by atoms with E-state index in [9.17, 15) is 18.8 Å². The molecule has 1 aliphatic carbocycles. The van der Waals surface area contributed by atoms with Crippen molar-refractivity contribution in [2.75, 3.05) is 10.2 Å². The van der Waals surface area contributed by atoms with Gasteiger partial charge in [0.15, 0.2) is 0 Å². The molecule has 1 aromatic heterocycles. The Hall–Kier alpha value is -4.07. The molecule has 1 heterocycles. The van der Waals surface area contributed by atoms with Gasteiger partial charge in [-0.15, -0.1) is 0 Å². The molecule has 210 valence electrons. The number of carbonyl (C=O) groups excluding carboxylic acids is 3. The molecule has 0 unspecified atom stereocenters. The Morgan fingerprint density at radius 3 is 2.33 bits per heavy atom. The first kappa shape index (κ1) is 28.9. The number of benzene rings is 2. The molecule has 3 amide bonds. The highest BCUT2D eigenvalue weighted by atomic mass is 19.1. The lowest BCUT2D eigenvalue weighted by molar-refractivity contribution is -0.127. The van der Waals surface area contributed by atoms with E-state index in [1.165, 1.54) is 17.0 Å². The van der Waals surface area contributed by atoms with E-state index in [0.29, 0.717) is 23.5 Å². The van der Waals surface area contributed by atoms with E-state index in [2.05, 4.69) is 15.6 Å². The normalized spacial score (nSPS) is 14.2. The van der Waals surface area contributed by atoms with Crippen LogP contribution in [0.2, 0.25) is 0 Å². The maximum Gasteiger partial charge on any atom is 0.248 e. The Morgan fingerprint density at radius 2 is 1.68 bits per heavy atom. The molecule has 4 rings (SSSR count). The average molecular weight is 545 g/mol. The summed E-state index contributed by atoms with van der Waals surface area (Å²) < 4.78 is 13.9. The molecular weight excluding hydrogens is 507 g/mol. The van der Waals surface area contributed by atoms with E-state index in [0.717, 1.165) is 44.1 Å². The van der Waals surface area contributed by atoms with Crippen LogP contribution in [0.4, 0.5) is 15.9 Å². The zero-order valence-electron chi connectivity index (χ0n) is 22.9. The molecule has 8 heteroatoms. The monoisotopic (exact) mass is 544 g/mol. The summed E-state index contributed by atoms with van der Waals surface area (Å²) in [6.07, 6.45) is 7.94. The zero-order chi connectivity index (χ0) is 28.3. The molecule has 1 aliphatic rings. The van der Waals surface area contributed by atoms with Crippen molar-refractivity contribution < 1.29 is 18.8 Å². The van der Waals surface area contributed by atoms with Crippen LogP contribution in [0.3, 0.4) is 0 Å². The third kappa shape index (κ3) is 7.97. The molecule has 2 N–H and O–H groups in total. The fraction of sp³-hybridized carbons (Fsp3) is 0.375. The summed E-state index contributed by atoms with van der Waals surface area (Å²) in [6.45, 7) is 2.05. The minimum atomic E-state index is -0.982. The average Bonchev–Trinajstić information content (AvgIpc) is 2.97. The Kier molecular flexibility index (Phi) is 10.4. The minimum Gasteiger partial charge on any atom is -0.351 e. The second-order valence-electron chi connectivity index (χ2n) is 10.2. The highest BCUT2D eigenvalue weighted by Crippen LogP contribution is 2.31.